The minimum Gasteiger partial charge on any atom is -0.307 e. The Bertz CT molecular complexity index is 608. The highest BCUT2D eigenvalue weighted by atomic mass is 35.5. The zero-order chi connectivity index (χ0) is 13.2. The summed E-state index contributed by atoms with van der Waals surface area (Å²) in [5.41, 5.74) is 0.813. The molecule has 1 atom stereocenters. The zero-order valence-corrected chi connectivity index (χ0v) is 13.3. The fourth-order valence-electron chi connectivity index (χ4n) is 2.44. The molecule has 2 heterocycles. The predicted molar refractivity (Wildman–Crippen MR) is 86.2 cm³/mol. The normalized spacial score (nSPS) is 18.8. The number of piperidine rings is 1. The molecule has 0 bridgehead atoms. The quantitative estimate of drug-likeness (QED) is 0.934. The van der Waals surface area contributed by atoms with Crippen molar-refractivity contribution < 1.29 is 4.79 Å². The molecule has 1 aliphatic heterocycles. The summed E-state index contributed by atoms with van der Waals surface area (Å²) in [4.78, 5) is 16.7. The third-order valence-corrected chi connectivity index (χ3v) is 4.76. The monoisotopic (exact) mass is 330 g/mol. The Kier molecular flexibility index (Phi) is 5.38. The number of para-hydroxylation sites is 1. The molecule has 2 aromatic rings. The lowest BCUT2D eigenvalue weighted by atomic mass is 10.00. The molecule has 1 aromatic carbocycles. The van der Waals surface area contributed by atoms with E-state index in [1.165, 1.54) is 6.42 Å². The summed E-state index contributed by atoms with van der Waals surface area (Å²) >= 11 is 7.66. The largest absolute Gasteiger partial charge is 0.307 e. The highest BCUT2D eigenvalue weighted by Gasteiger charge is 2.21. The number of benzene rings is 1. The summed E-state index contributed by atoms with van der Waals surface area (Å²) in [6.07, 6.45) is 3.66. The average Bonchev–Trinajstić information content (AvgIpc) is 2.84. The number of carbonyl (C=O) groups is 1. The van der Waals surface area contributed by atoms with Crippen molar-refractivity contribution >= 4 is 51.3 Å². The first-order chi connectivity index (χ1) is 9.24. The van der Waals surface area contributed by atoms with E-state index in [-0.39, 0.29) is 24.2 Å². The lowest BCUT2D eigenvalue weighted by Crippen LogP contribution is -2.41. The van der Waals surface area contributed by atoms with Gasteiger partial charge in [0.25, 0.3) is 0 Å². The second-order valence-electron chi connectivity index (χ2n) is 4.84. The Morgan fingerprint density at radius 1 is 1.45 bits per heavy atom. The number of nitrogens with zero attached hydrogens (tertiary/aromatic N) is 1. The van der Waals surface area contributed by atoms with Crippen LogP contribution in [0.4, 0.5) is 0 Å². The lowest BCUT2D eigenvalue weighted by molar-refractivity contribution is -0.120. The molecule has 3 nitrogen and oxygen atoms in total. The van der Waals surface area contributed by atoms with E-state index < -0.39 is 0 Å². The van der Waals surface area contributed by atoms with Crippen LogP contribution in [0.2, 0.25) is 5.02 Å². The molecule has 0 unspecified atom stereocenters. The third-order valence-electron chi connectivity index (χ3n) is 3.44. The third kappa shape index (κ3) is 3.31. The van der Waals surface area contributed by atoms with Crippen molar-refractivity contribution in [2.24, 2.45) is 0 Å². The summed E-state index contributed by atoms with van der Waals surface area (Å²) in [6, 6.07) is 5.75. The number of hydrogen-bond acceptors (Lipinski definition) is 4. The number of nitrogens with one attached hydrogen (secondary N) is 1. The number of Topliss-reactive ketones (excluding diaryl/α,β-unsaturated/α-hetero) is 1. The van der Waals surface area contributed by atoms with E-state index in [2.05, 4.69) is 10.3 Å². The molecule has 1 N–H and O–H groups in total. The van der Waals surface area contributed by atoms with Crippen molar-refractivity contribution in [1.82, 2.24) is 10.3 Å². The number of carbonyl (C=O) groups excluding carboxylic acids is 1. The van der Waals surface area contributed by atoms with E-state index in [1.807, 2.05) is 18.2 Å². The number of fused-ring (bicyclic) bond motifs is 1. The second-order valence-corrected chi connectivity index (χ2v) is 6.36. The number of thiazole rings is 1. The first-order valence-corrected chi connectivity index (χ1v) is 7.73. The number of hydrogen-bond donors (Lipinski definition) is 1. The van der Waals surface area contributed by atoms with Crippen molar-refractivity contribution in [3.63, 3.8) is 0 Å². The molecule has 0 amide bonds. The van der Waals surface area contributed by atoms with Crippen LogP contribution in [0.3, 0.4) is 0 Å². The van der Waals surface area contributed by atoms with Gasteiger partial charge in [-0.2, -0.15) is 0 Å². The Morgan fingerprint density at radius 2 is 2.30 bits per heavy atom. The van der Waals surface area contributed by atoms with Gasteiger partial charge in [0.05, 0.1) is 22.2 Å². The molecule has 108 valence electrons. The molecule has 0 radical (unpaired) electrons. The number of aromatic nitrogens is 1. The maximum Gasteiger partial charge on any atom is 0.156 e. The summed E-state index contributed by atoms with van der Waals surface area (Å²) in [7, 11) is 0. The van der Waals surface area contributed by atoms with Gasteiger partial charge >= 0.3 is 0 Å². The molecule has 1 fully saturated rings. The predicted octanol–water partition coefficient (Wildman–Crippen LogP) is 3.63. The Morgan fingerprint density at radius 3 is 3.00 bits per heavy atom. The highest BCUT2D eigenvalue weighted by Crippen LogP contribution is 2.28. The smallest absolute Gasteiger partial charge is 0.156 e. The van der Waals surface area contributed by atoms with Crippen molar-refractivity contribution in [2.45, 2.75) is 31.7 Å². The number of ketones is 1. The Hall–Kier alpha value is -0.680. The number of halogens is 2. The van der Waals surface area contributed by atoms with Crippen molar-refractivity contribution in [1.29, 1.82) is 0 Å². The molecule has 3 rings (SSSR count). The molecule has 1 saturated heterocycles. The van der Waals surface area contributed by atoms with Gasteiger partial charge in [0.15, 0.2) is 5.78 Å². The van der Waals surface area contributed by atoms with Gasteiger partial charge in [-0.05, 0) is 31.5 Å². The van der Waals surface area contributed by atoms with Gasteiger partial charge < -0.3 is 5.32 Å². The molecule has 20 heavy (non-hydrogen) atoms. The summed E-state index contributed by atoms with van der Waals surface area (Å²) < 4.78 is 1.05. The summed E-state index contributed by atoms with van der Waals surface area (Å²) in [5.74, 6) is 0.245. The highest BCUT2D eigenvalue weighted by molar-refractivity contribution is 7.18. The SMILES string of the molecule is Cl.O=C(Cc1nc2c(Cl)cccc2s1)[C@@H]1CCCCN1. The Balaban J connectivity index is 0.00000147. The molecule has 0 aliphatic carbocycles. The van der Waals surface area contributed by atoms with Gasteiger partial charge in [-0.15, -0.1) is 23.7 Å². The van der Waals surface area contributed by atoms with E-state index in [4.69, 9.17) is 11.6 Å². The zero-order valence-electron chi connectivity index (χ0n) is 10.9. The van der Waals surface area contributed by atoms with Crippen LogP contribution in [-0.4, -0.2) is 23.4 Å². The van der Waals surface area contributed by atoms with Crippen LogP contribution in [0.25, 0.3) is 10.2 Å². The van der Waals surface area contributed by atoms with Crippen LogP contribution in [0.5, 0.6) is 0 Å². The van der Waals surface area contributed by atoms with Gasteiger partial charge in [0.2, 0.25) is 0 Å². The first kappa shape index (κ1) is 15.7. The van der Waals surface area contributed by atoms with Crippen LogP contribution < -0.4 is 5.32 Å². The van der Waals surface area contributed by atoms with Crippen LogP contribution in [-0.2, 0) is 11.2 Å². The second kappa shape index (κ2) is 6.85. The van der Waals surface area contributed by atoms with E-state index >= 15 is 0 Å². The topological polar surface area (TPSA) is 42.0 Å². The van der Waals surface area contributed by atoms with E-state index in [0.29, 0.717) is 11.4 Å². The van der Waals surface area contributed by atoms with Gasteiger partial charge in [0, 0.05) is 0 Å². The van der Waals surface area contributed by atoms with Gasteiger partial charge in [-0.3, -0.25) is 4.79 Å². The van der Waals surface area contributed by atoms with Crippen molar-refractivity contribution in [3.05, 3.63) is 28.2 Å². The maximum absolute atomic E-state index is 12.2. The number of rotatable bonds is 3. The summed E-state index contributed by atoms with van der Waals surface area (Å²) in [6.45, 7) is 0.947. The van der Waals surface area contributed by atoms with Crippen LogP contribution in [0.1, 0.15) is 24.3 Å². The minimum atomic E-state index is 0. The van der Waals surface area contributed by atoms with E-state index in [9.17, 15) is 4.79 Å². The fourth-order valence-corrected chi connectivity index (χ4v) is 3.71. The van der Waals surface area contributed by atoms with E-state index in [1.54, 1.807) is 11.3 Å². The first-order valence-electron chi connectivity index (χ1n) is 6.54. The summed E-state index contributed by atoms with van der Waals surface area (Å²) in [5, 5.41) is 4.80. The molecule has 1 aromatic heterocycles. The standard InChI is InChI=1S/C14H15ClN2OS.ClH/c15-9-4-3-6-12-14(9)17-13(19-12)8-11(18)10-5-1-2-7-16-10;/h3-4,6,10,16H,1-2,5,7-8H2;1H/t10-;/m0./s1. The molecule has 0 saturated carbocycles. The fraction of sp³-hybridized carbons (Fsp3) is 0.429. The van der Waals surface area contributed by atoms with Crippen LogP contribution in [0, 0.1) is 0 Å². The molecular weight excluding hydrogens is 315 g/mol. The average molecular weight is 331 g/mol. The maximum atomic E-state index is 12.2. The lowest BCUT2D eigenvalue weighted by Gasteiger charge is -2.21. The molecule has 1 aliphatic rings. The van der Waals surface area contributed by atoms with Crippen molar-refractivity contribution in [2.75, 3.05) is 6.54 Å². The Labute approximate surface area is 133 Å². The van der Waals surface area contributed by atoms with Crippen molar-refractivity contribution in [3.8, 4) is 0 Å². The minimum absolute atomic E-state index is 0. The molecular formula is C14H16Cl2N2OS. The van der Waals surface area contributed by atoms with Gasteiger partial charge in [0.1, 0.15) is 10.5 Å². The van der Waals surface area contributed by atoms with Crippen LogP contribution >= 0.6 is 35.3 Å². The molecule has 0 spiro atoms. The van der Waals surface area contributed by atoms with Gasteiger partial charge in [-0.25, -0.2) is 4.98 Å². The van der Waals surface area contributed by atoms with Gasteiger partial charge in [-0.1, -0.05) is 24.1 Å². The molecule has 6 heteroatoms. The van der Waals surface area contributed by atoms with E-state index in [0.717, 1.165) is 34.6 Å². The van der Waals surface area contributed by atoms with Crippen LogP contribution in [0.15, 0.2) is 18.2 Å².